The van der Waals surface area contributed by atoms with E-state index in [0.717, 1.165) is 37.8 Å². The molecule has 5 nitrogen and oxygen atoms in total. The first kappa shape index (κ1) is 19.9. The highest BCUT2D eigenvalue weighted by atomic mass is 19.4. The number of fused-ring (bicyclic) bond motifs is 3. The van der Waals surface area contributed by atoms with Gasteiger partial charge in [-0.2, -0.15) is 13.2 Å². The molecule has 2 fully saturated rings. The zero-order chi connectivity index (χ0) is 22.0. The number of hydrogen-bond acceptors (Lipinski definition) is 3. The van der Waals surface area contributed by atoms with E-state index in [1.165, 1.54) is 17.1 Å². The Morgan fingerprint density at radius 1 is 1.00 bits per heavy atom. The molecule has 1 unspecified atom stereocenters. The van der Waals surface area contributed by atoms with Gasteiger partial charge in [0.15, 0.2) is 0 Å². The third-order valence-corrected chi connectivity index (χ3v) is 6.86. The van der Waals surface area contributed by atoms with E-state index in [4.69, 9.17) is 0 Å². The van der Waals surface area contributed by atoms with Crippen LogP contribution in [-0.2, 0) is 11.0 Å². The van der Waals surface area contributed by atoms with Gasteiger partial charge in [-0.05, 0) is 50.1 Å². The van der Waals surface area contributed by atoms with E-state index in [1.54, 1.807) is 29.2 Å². The summed E-state index contributed by atoms with van der Waals surface area (Å²) in [6.07, 6.45) is -0.649. The molecule has 2 aromatic carbocycles. The van der Waals surface area contributed by atoms with Crippen LogP contribution in [0.5, 0.6) is 0 Å². The van der Waals surface area contributed by atoms with Gasteiger partial charge in [-0.25, -0.2) is 5.01 Å². The van der Waals surface area contributed by atoms with Gasteiger partial charge in [0, 0.05) is 6.42 Å². The second kappa shape index (κ2) is 6.48. The summed E-state index contributed by atoms with van der Waals surface area (Å²) in [6, 6.07) is 11.7. The van der Waals surface area contributed by atoms with Crippen LogP contribution in [0, 0.1) is 5.41 Å². The van der Waals surface area contributed by atoms with Gasteiger partial charge in [0.05, 0.1) is 27.9 Å². The van der Waals surface area contributed by atoms with E-state index in [9.17, 15) is 22.8 Å². The quantitative estimate of drug-likeness (QED) is 0.714. The van der Waals surface area contributed by atoms with Crippen LogP contribution in [0.1, 0.15) is 54.9 Å². The van der Waals surface area contributed by atoms with Crippen molar-refractivity contribution in [2.75, 3.05) is 10.3 Å². The molecule has 2 amide bonds. The molecule has 1 atom stereocenters. The number of alkyl halides is 3. The minimum atomic E-state index is -4.50. The molecule has 1 N–H and O–H groups in total. The number of benzene rings is 2. The Labute approximate surface area is 177 Å². The lowest BCUT2D eigenvalue weighted by Crippen LogP contribution is -2.64. The Morgan fingerprint density at radius 2 is 1.71 bits per heavy atom. The molecule has 2 aliphatic heterocycles. The maximum absolute atomic E-state index is 13.6. The van der Waals surface area contributed by atoms with E-state index in [1.807, 2.05) is 6.92 Å². The molecule has 0 aromatic heterocycles. The highest BCUT2D eigenvalue weighted by Gasteiger charge is 2.64. The number of halogens is 3. The van der Waals surface area contributed by atoms with Crippen LogP contribution in [0.15, 0.2) is 48.5 Å². The van der Waals surface area contributed by atoms with Crippen LogP contribution in [0.2, 0.25) is 0 Å². The lowest BCUT2D eigenvalue weighted by atomic mass is 9.81. The van der Waals surface area contributed by atoms with E-state index in [0.29, 0.717) is 17.7 Å². The summed E-state index contributed by atoms with van der Waals surface area (Å²) < 4.78 is 39.6. The number of carbonyl (C=O) groups excluding carboxylic acids is 2. The van der Waals surface area contributed by atoms with E-state index in [-0.39, 0.29) is 17.5 Å². The minimum absolute atomic E-state index is 0.0108. The van der Waals surface area contributed by atoms with Gasteiger partial charge < -0.3 is 0 Å². The van der Waals surface area contributed by atoms with Crippen LogP contribution < -0.4 is 10.3 Å². The lowest BCUT2D eigenvalue weighted by molar-refractivity contribution is -0.137. The molecule has 0 bridgehead atoms. The molecule has 3 aliphatic rings. The summed E-state index contributed by atoms with van der Waals surface area (Å²) in [5.41, 5.74) is 1.59. The molecule has 1 spiro atoms. The van der Waals surface area contributed by atoms with Gasteiger partial charge in [0.1, 0.15) is 5.66 Å². The molecule has 0 radical (unpaired) electrons. The SMILES string of the molecule is CC12CC3(CCCC3)C(=O)N1c1ccccc1C(=O)N2Nc1cccc(C(F)(F)F)c1. The van der Waals surface area contributed by atoms with E-state index in [2.05, 4.69) is 5.43 Å². The number of hydrazine groups is 1. The van der Waals surface area contributed by atoms with Crippen molar-refractivity contribution < 1.29 is 22.8 Å². The van der Waals surface area contributed by atoms with Crippen LogP contribution in [0.4, 0.5) is 24.5 Å². The zero-order valence-corrected chi connectivity index (χ0v) is 17.0. The number of anilines is 2. The lowest BCUT2D eigenvalue weighted by Gasteiger charge is -2.48. The predicted octanol–water partition coefficient (Wildman–Crippen LogP) is 5.20. The average Bonchev–Trinajstić information content (AvgIpc) is 3.28. The third kappa shape index (κ3) is 2.84. The van der Waals surface area contributed by atoms with Gasteiger partial charge in [0.25, 0.3) is 5.91 Å². The molecule has 2 heterocycles. The highest BCUT2D eigenvalue weighted by Crippen LogP contribution is 2.56. The standard InChI is InChI=1S/C23H22F3N3O2/c1-21-14-22(11-4-5-12-22)20(31)28(21)18-10-3-2-9-17(18)19(30)29(21)27-16-8-6-7-15(13-16)23(24,25)26/h2-3,6-10,13,27H,4-5,11-12,14H2,1H3. The first-order chi connectivity index (χ1) is 14.7. The molecule has 1 saturated heterocycles. The fourth-order valence-corrected chi connectivity index (χ4v) is 5.50. The number of nitrogens with zero attached hydrogens (tertiary/aromatic N) is 2. The Bertz CT molecular complexity index is 1080. The summed E-state index contributed by atoms with van der Waals surface area (Å²) in [5.74, 6) is -0.377. The average molecular weight is 429 g/mol. The topological polar surface area (TPSA) is 52.7 Å². The van der Waals surface area contributed by atoms with Crippen molar-refractivity contribution in [2.45, 2.75) is 50.9 Å². The Hall–Kier alpha value is -3.03. The Balaban J connectivity index is 1.61. The summed E-state index contributed by atoms with van der Waals surface area (Å²) in [4.78, 5) is 28.8. The predicted molar refractivity (Wildman–Crippen MR) is 109 cm³/mol. The zero-order valence-electron chi connectivity index (χ0n) is 17.0. The molecular weight excluding hydrogens is 407 g/mol. The molecular formula is C23H22F3N3O2. The van der Waals surface area contributed by atoms with E-state index >= 15 is 0 Å². The van der Waals surface area contributed by atoms with Crippen LogP contribution in [0.3, 0.4) is 0 Å². The number of nitrogens with one attached hydrogen (secondary N) is 1. The largest absolute Gasteiger partial charge is 0.416 e. The second-order valence-electron chi connectivity index (χ2n) is 8.87. The number of para-hydroxylation sites is 1. The van der Waals surface area contributed by atoms with Gasteiger partial charge in [-0.15, -0.1) is 0 Å². The maximum Gasteiger partial charge on any atom is 0.416 e. The van der Waals surface area contributed by atoms with Gasteiger partial charge in [0.2, 0.25) is 5.91 Å². The molecule has 5 rings (SSSR count). The molecule has 1 saturated carbocycles. The molecule has 162 valence electrons. The first-order valence-electron chi connectivity index (χ1n) is 10.4. The summed E-state index contributed by atoms with van der Waals surface area (Å²) in [5, 5.41) is 1.34. The second-order valence-corrected chi connectivity index (χ2v) is 8.87. The van der Waals surface area contributed by atoms with Crippen LogP contribution in [-0.4, -0.2) is 22.5 Å². The monoisotopic (exact) mass is 429 g/mol. The summed E-state index contributed by atoms with van der Waals surface area (Å²) in [6.45, 7) is 1.81. The maximum atomic E-state index is 13.6. The fraction of sp³-hybridized carbons (Fsp3) is 0.391. The highest BCUT2D eigenvalue weighted by molar-refractivity contribution is 6.12. The van der Waals surface area contributed by atoms with E-state index < -0.39 is 22.8 Å². The first-order valence-corrected chi connectivity index (χ1v) is 10.4. The van der Waals surface area contributed by atoms with Crippen molar-refractivity contribution in [3.05, 3.63) is 59.7 Å². The normalized spacial score (nSPS) is 24.5. The smallest absolute Gasteiger partial charge is 0.294 e. The number of carbonyl (C=O) groups is 2. The summed E-state index contributed by atoms with van der Waals surface area (Å²) in [7, 11) is 0. The Kier molecular flexibility index (Phi) is 4.16. The fourth-order valence-electron chi connectivity index (χ4n) is 5.50. The van der Waals surface area contributed by atoms with Crippen molar-refractivity contribution >= 4 is 23.2 Å². The summed E-state index contributed by atoms with van der Waals surface area (Å²) >= 11 is 0. The van der Waals surface area contributed by atoms with Gasteiger partial charge >= 0.3 is 6.18 Å². The molecule has 8 heteroatoms. The van der Waals surface area contributed by atoms with Crippen LogP contribution in [0.25, 0.3) is 0 Å². The number of rotatable bonds is 2. The third-order valence-electron chi connectivity index (χ3n) is 6.86. The number of hydrogen-bond donors (Lipinski definition) is 1. The Morgan fingerprint density at radius 3 is 2.42 bits per heavy atom. The van der Waals surface area contributed by atoms with Gasteiger partial charge in [-0.1, -0.05) is 31.0 Å². The van der Waals surface area contributed by atoms with Gasteiger partial charge in [-0.3, -0.25) is 19.9 Å². The van der Waals surface area contributed by atoms with Crippen molar-refractivity contribution in [1.82, 2.24) is 5.01 Å². The molecule has 1 aliphatic carbocycles. The van der Waals surface area contributed by atoms with Crippen molar-refractivity contribution in [2.24, 2.45) is 5.41 Å². The molecule has 2 aromatic rings. The van der Waals surface area contributed by atoms with Crippen molar-refractivity contribution in [3.8, 4) is 0 Å². The van der Waals surface area contributed by atoms with Crippen molar-refractivity contribution in [1.29, 1.82) is 0 Å². The molecule has 31 heavy (non-hydrogen) atoms. The number of amides is 2. The van der Waals surface area contributed by atoms with Crippen molar-refractivity contribution in [3.63, 3.8) is 0 Å². The minimum Gasteiger partial charge on any atom is -0.294 e. The van der Waals surface area contributed by atoms with Crippen LogP contribution >= 0.6 is 0 Å².